The zero-order chi connectivity index (χ0) is 40.1. The highest BCUT2D eigenvalue weighted by Gasteiger charge is 2.39. The van der Waals surface area contributed by atoms with Crippen molar-refractivity contribution in [3.05, 3.63) is 167 Å². The Balaban J connectivity index is 1.17. The second-order valence-corrected chi connectivity index (χ2v) is 15.7. The molecule has 8 nitrogen and oxygen atoms in total. The molecule has 296 valence electrons. The van der Waals surface area contributed by atoms with Gasteiger partial charge in [0.05, 0.1) is 32.2 Å². The number of hydrogen-bond acceptors (Lipinski definition) is 6. The van der Waals surface area contributed by atoms with Gasteiger partial charge in [-0.25, -0.2) is 0 Å². The van der Waals surface area contributed by atoms with Crippen LogP contribution in [0.5, 0.6) is 0 Å². The van der Waals surface area contributed by atoms with Crippen LogP contribution in [0.2, 0.25) is 0 Å². The summed E-state index contributed by atoms with van der Waals surface area (Å²) in [6, 6.07) is 45.6. The molecule has 0 unspecified atom stereocenters. The third-order valence-electron chi connectivity index (χ3n) is 10.5. The number of rotatable bonds is 19. The molecule has 1 aliphatic rings. The smallest absolute Gasteiger partial charge is 0.306 e. The number of fused-ring (bicyclic) bond motifs is 3. The summed E-state index contributed by atoms with van der Waals surface area (Å²) in [6.45, 7) is 8.63. The van der Waals surface area contributed by atoms with E-state index in [2.05, 4.69) is 55.7 Å². The number of carbonyl (C=O) groups excluding carboxylic acids is 3. The molecule has 57 heavy (non-hydrogen) atoms. The second-order valence-electron chi connectivity index (χ2n) is 15.7. The third kappa shape index (κ3) is 10.6. The lowest BCUT2D eigenvalue weighted by molar-refractivity contribution is -0.147. The van der Waals surface area contributed by atoms with E-state index in [0.717, 1.165) is 45.4 Å². The Morgan fingerprint density at radius 2 is 1.07 bits per heavy atom. The number of esters is 1. The van der Waals surface area contributed by atoms with Gasteiger partial charge in [0.1, 0.15) is 12.1 Å². The van der Waals surface area contributed by atoms with Crippen LogP contribution in [0.3, 0.4) is 0 Å². The Morgan fingerprint density at radius 1 is 0.596 bits per heavy atom. The molecule has 0 heterocycles. The quantitative estimate of drug-likeness (QED) is 0.0497. The predicted octanol–water partition coefficient (Wildman–Crippen LogP) is 8.43. The summed E-state index contributed by atoms with van der Waals surface area (Å²) in [5.41, 5.74) is 6.13. The molecule has 0 aromatic heterocycles. The standard InChI is InChI=1S/C49H54N2O6/c1-48(2,3)27-29-55-31-32-56-30-28-50-47(54)36(34-46(53)57-35-44-42-25-15-13-23-40(42)41-24-14-16-26-43(41)44)33-45(52)51-49(37-17-7-4-8-18-37,38-19-9-5-10-20-38)39-21-11-6-12-22-39/h4-26,36,44H,27-35H2,1-3H3,(H,50,54)(H,51,52)/t36-/m1/s1. The van der Waals surface area contributed by atoms with Crippen molar-refractivity contribution in [1.82, 2.24) is 10.6 Å². The Hall–Kier alpha value is -5.57. The van der Waals surface area contributed by atoms with Crippen LogP contribution in [0.25, 0.3) is 11.1 Å². The van der Waals surface area contributed by atoms with Crippen molar-refractivity contribution in [2.24, 2.45) is 11.3 Å². The number of hydrogen-bond donors (Lipinski definition) is 2. The predicted molar refractivity (Wildman–Crippen MR) is 223 cm³/mol. The first-order valence-electron chi connectivity index (χ1n) is 19.9. The van der Waals surface area contributed by atoms with E-state index in [9.17, 15) is 14.4 Å². The topological polar surface area (TPSA) is 103 Å². The molecule has 2 amide bonds. The van der Waals surface area contributed by atoms with Gasteiger partial charge in [0.25, 0.3) is 0 Å². The Labute approximate surface area is 337 Å². The minimum atomic E-state index is -1.07. The molecule has 6 rings (SSSR count). The van der Waals surface area contributed by atoms with E-state index in [1.807, 2.05) is 115 Å². The van der Waals surface area contributed by atoms with Gasteiger partial charge in [0, 0.05) is 25.5 Å². The van der Waals surface area contributed by atoms with Crippen LogP contribution in [-0.2, 0) is 34.1 Å². The van der Waals surface area contributed by atoms with E-state index in [1.54, 1.807) is 0 Å². The minimum Gasteiger partial charge on any atom is -0.465 e. The number of amides is 2. The molecule has 0 saturated carbocycles. The zero-order valence-corrected chi connectivity index (χ0v) is 33.2. The summed E-state index contributed by atoms with van der Waals surface area (Å²) in [6.07, 6.45) is 0.435. The summed E-state index contributed by atoms with van der Waals surface area (Å²) >= 11 is 0. The fraction of sp³-hybridized carbons (Fsp3) is 0.327. The molecule has 0 bridgehead atoms. The highest BCUT2D eigenvalue weighted by molar-refractivity contribution is 5.89. The van der Waals surface area contributed by atoms with Crippen LogP contribution < -0.4 is 10.6 Å². The van der Waals surface area contributed by atoms with Gasteiger partial charge in [-0.05, 0) is 50.8 Å². The van der Waals surface area contributed by atoms with Gasteiger partial charge in [-0.3, -0.25) is 14.4 Å². The highest BCUT2D eigenvalue weighted by Crippen LogP contribution is 2.44. The summed E-state index contributed by atoms with van der Waals surface area (Å²) in [7, 11) is 0. The highest BCUT2D eigenvalue weighted by atomic mass is 16.5. The van der Waals surface area contributed by atoms with Crippen LogP contribution in [0.15, 0.2) is 140 Å². The van der Waals surface area contributed by atoms with Gasteiger partial charge in [-0.1, -0.05) is 160 Å². The average Bonchev–Trinajstić information content (AvgIpc) is 3.55. The maximum atomic E-state index is 14.4. The molecule has 1 atom stereocenters. The summed E-state index contributed by atoms with van der Waals surface area (Å²) in [4.78, 5) is 41.9. The van der Waals surface area contributed by atoms with E-state index in [0.29, 0.717) is 19.8 Å². The number of benzene rings is 5. The first-order valence-corrected chi connectivity index (χ1v) is 19.9. The van der Waals surface area contributed by atoms with Crippen molar-refractivity contribution < 1.29 is 28.6 Å². The van der Waals surface area contributed by atoms with E-state index in [4.69, 9.17) is 14.2 Å². The van der Waals surface area contributed by atoms with Crippen molar-refractivity contribution in [2.75, 3.05) is 39.6 Å². The Kier molecular flexibility index (Phi) is 14.1. The molecule has 0 saturated heterocycles. The monoisotopic (exact) mass is 766 g/mol. The van der Waals surface area contributed by atoms with Crippen LogP contribution >= 0.6 is 0 Å². The number of nitrogens with one attached hydrogen (secondary N) is 2. The third-order valence-corrected chi connectivity index (χ3v) is 10.5. The molecule has 1 aliphatic carbocycles. The molecule has 5 aromatic rings. The van der Waals surface area contributed by atoms with E-state index < -0.39 is 23.3 Å². The molecule has 0 radical (unpaired) electrons. The molecule has 0 spiro atoms. The van der Waals surface area contributed by atoms with Crippen molar-refractivity contribution >= 4 is 17.8 Å². The minimum absolute atomic E-state index is 0.123. The van der Waals surface area contributed by atoms with E-state index >= 15 is 0 Å². The molecule has 2 N–H and O–H groups in total. The number of carbonyl (C=O) groups is 3. The molecular weight excluding hydrogens is 713 g/mol. The Bertz CT molecular complexity index is 1920. The summed E-state index contributed by atoms with van der Waals surface area (Å²) in [5.74, 6) is -2.49. The maximum Gasteiger partial charge on any atom is 0.306 e. The molecule has 0 aliphatic heterocycles. The van der Waals surface area contributed by atoms with Crippen molar-refractivity contribution in [3.8, 4) is 11.1 Å². The Morgan fingerprint density at radius 3 is 1.58 bits per heavy atom. The van der Waals surface area contributed by atoms with Crippen LogP contribution in [0, 0.1) is 11.3 Å². The van der Waals surface area contributed by atoms with Gasteiger partial charge in [-0.15, -0.1) is 0 Å². The van der Waals surface area contributed by atoms with E-state index in [-0.39, 0.29) is 49.8 Å². The maximum absolute atomic E-state index is 14.4. The van der Waals surface area contributed by atoms with Crippen molar-refractivity contribution in [2.45, 2.75) is 51.5 Å². The summed E-state index contributed by atoms with van der Waals surface area (Å²) in [5, 5.41) is 6.24. The first-order chi connectivity index (χ1) is 27.7. The SMILES string of the molecule is CC(C)(C)CCOCCOCCNC(=O)[C@H](CC(=O)NC(c1ccccc1)(c1ccccc1)c1ccccc1)CC(=O)OCC1c2ccccc2-c2ccccc21. The van der Waals surface area contributed by atoms with E-state index in [1.165, 1.54) is 0 Å². The molecule has 5 aromatic carbocycles. The van der Waals surface area contributed by atoms with Gasteiger partial charge in [0.15, 0.2) is 0 Å². The van der Waals surface area contributed by atoms with Crippen molar-refractivity contribution in [3.63, 3.8) is 0 Å². The van der Waals surface area contributed by atoms with Crippen LogP contribution in [0.1, 0.15) is 73.8 Å². The van der Waals surface area contributed by atoms with Gasteiger partial charge >= 0.3 is 5.97 Å². The lowest BCUT2D eigenvalue weighted by atomic mass is 9.76. The fourth-order valence-electron chi connectivity index (χ4n) is 7.49. The fourth-order valence-corrected chi connectivity index (χ4v) is 7.49. The molecule has 0 fully saturated rings. The lowest BCUT2D eigenvalue weighted by Crippen LogP contribution is -2.49. The van der Waals surface area contributed by atoms with Crippen LogP contribution in [0.4, 0.5) is 0 Å². The lowest BCUT2D eigenvalue weighted by Gasteiger charge is -2.37. The van der Waals surface area contributed by atoms with Gasteiger partial charge in [-0.2, -0.15) is 0 Å². The van der Waals surface area contributed by atoms with Gasteiger partial charge in [0.2, 0.25) is 11.8 Å². The molecular formula is C49H54N2O6. The number of ether oxygens (including phenoxy) is 3. The normalized spacial score (nSPS) is 13.0. The largest absolute Gasteiger partial charge is 0.465 e. The zero-order valence-electron chi connectivity index (χ0n) is 33.2. The van der Waals surface area contributed by atoms with Crippen molar-refractivity contribution in [1.29, 1.82) is 0 Å². The van der Waals surface area contributed by atoms with Gasteiger partial charge < -0.3 is 24.8 Å². The average molecular weight is 767 g/mol. The first kappa shape index (κ1) is 41.1. The van der Waals surface area contributed by atoms with Crippen LogP contribution in [-0.4, -0.2) is 57.4 Å². The molecule has 8 heteroatoms. The summed E-state index contributed by atoms with van der Waals surface area (Å²) < 4.78 is 17.3. The second kappa shape index (κ2) is 19.5.